The Hall–Kier alpha value is -1.88. The van der Waals surface area contributed by atoms with Crippen molar-refractivity contribution >= 4 is 23.2 Å². The Morgan fingerprint density at radius 3 is 2.15 bits per heavy atom. The van der Waals surface area contributed by atoms with Crippen molar-refractivity contribution in [2.75, 3.05) is 23.7 Å². The minimum atomic E-state index is -0.109. The fraction of sp³-hybridized carbons (Fsp3) is 0.467. The lowest BCUT2D eigenvalue weighted by molar-refractivity contribution is -0.120. The van der Waals surface area contributed by atoms with Crippen LogP contribution in [-0.4, -0.2) is 35.8 Å². The summed E-state index contributed by atoms with van der Waals surface area (Å²) in [5.74, 6) is 0.554. The van der Waals surface area contributed by atoms with Gasteiger partial charge in [0.1, 0.15) is 0 Å². The smallest absolute Gasteiger partial charge is 0.238 e. The summed E-state index contributed by atoms with van der Waals surface area (Å²) in [5, 5.41) is 5.55. The third-order valence-corrected chi connectivity index (χ3v) is 3.76. The van der Waals surface area contributed by atoms with Crippen molar-refractivity contribution in [2.45, 2.75) is 26.8 Å². The van der Waals surface area contributed by atoms with E-state index in [1.807, 2.05) is 0 Å². The van der Waals surface area contributed by atoms with Crippen LogP contribution in [0.25, 0.3) is 0 Å². The molecule has 0 radical (unpaired) electrons. The molecule has 1 saturated heterocycles. The molecule has 2 N–H and O–H groups in total. The zero-order valence-corrected chi connectivity index (χ0v) is 12.1. The van der Waals surface area contributed by atoms with Crippen molar-refractivity contribution in [1.29, 1.82) is 0 Å². The second kappa shape index (κ2) is 6.05. The number of carbonyl (C=O) groups is 2. The van der Waals surface area contributed by atoms with Crippen LogP contribution in [0.2, 0.25) is 0 Å². The first kappa shape index (κ1) is 14.5. The van der Waals surface area contributed by atoms with E-state index in [0.29, 0.717) is 18.5 Å². The Morgan fingerprint density at radius 2 is 1.70 bits per heavy atom. The van der Waals surface area contributed by atoms with Crippen molar-refractivity contribution in [2.24, 2.45) is 5.92 Å². The Balaban J connectivity index is 1.83. The van der Waals surface area contributed by atoms with Gasteiger partial charge < -0.3 is 10.6 Å². The first-order chi connectivity index (χ1) is 9.45. The Labute approximate surface area is 119 Å². The molecule has 0 unspecified atom stereocenters. The topological polar surface area (TPSA) is 61.4 Å². The second-order valence-electron chi connectivity index (χ2n) is 5.45. The van der Waals surface area contributed by atoms with E-state index in [2.05, 4.69) is 29.4 Å². The van der Waals surface area contributed by atoms with Crippen LogP contribution in [0.5, 0.6) is 0 Å². The summed E-state index contributed by atoms with van der Waals surface area (Å²) in [5.41, 5.74) is 1.46. The molecule has 0 spiro atoms. The average molecular weight is 275 g/mol. The van der Waals surface area contributed by atoms with Crippen LogP contribution < -0.4 is 10.6 Å². The number of hydrogen-bond acceptors (Lipinski definition) is 3. The van der Waals surface area contributed by atoms with Gasteiger partial charge in [-0.05, 0) is 37.1 Å². The van der Waals surface area contributed by atoms with Gasteiger partial charge in [0, 0.05) is 30.9 Å². The lowest BCUT2D eigenvalue weighted by Gasteiger charge is -2.44. The van der Waals surface area contributed by atoms with Gasteiger partial charge in [0.25, 0.3) is 0 Å². The van der Waals surface area contributed by atoms with Crippen molar-refractivity contribution in [3.05, 3.63) is 24.3 Å². The molecule has 2 amide bonds. The summed E-state index contributed by atoms with van der Waals surface area (Å²) in [6.45, 7) is 7.21. The molecule has 0 saturated carbocycles. The average Bonchev–Trinajstić information content (AvgIpc) is 2.40. The SMILES string of the molecule is CC(=O)Nc1ccc(NC(=O)CN2C[C@H](C)[C@H]2C)cc1. The van der Waals surface area contributed by atoms with Gasteiger partial charge in [-0.1, -0.05) is 6.92 Å². The van der Waals surface area contributed by atoms with Gasteiger partial charge >= 0.3 is 0 Å². The number of rotatable bonds is 4. The molecule has 5 nitrogen and oxygen atoms in total. The lowest BCUT2D eigenvalue weighted by atomic mass is 9.92. The molecule has 1 aromatic carbocycles. The standard InChI is InChI=1S/C15H21N3O2/c1-10-8-18(11(10)2)9-15(20)17-14-6-4-13(5-7-14)16-12(3)19/h4-7,10-11H,8-9H2,1-3H3,(H,16,19)(H,17,20)/t10-,11+/m0/s1. The number of anilines is 2. The maximum Gasteiger partial charge on any atom is 0.238 e. The van der Waals surface area contributed by atoms with Crippen LogP contribution in [0.3, 0.4) is 0 Å². The molecule has 108 valence electrons. The first-order valence-corrected chi connectivity index (χ1v) is 6.87. The van der Waals surface area contributed by atoms with Crippen molar-refractivity contribution in [3.63, 3.8) is 0 Å². The molecule has 2 atom stereocenters. The van der Waals surface area contributed by atoms with E-state index in [1.165, 1.54) is 6.92 Å². The normalized spacial score (nSPS) is 21.9. The predicted molar refractivity (Wildman–Crippen MR) is 79.6 cm³/mol. The van der Waals surface area contributed by atoms with E-state index in [1.54, 1.807) is 24.3 Å². The third-order valence-electron chi connectivity index (χ3n) is 3.76. The van der Waals surface area contributed by atoms with Gasteiger partial charge in [-0.25, -0.2) is 0 Å². The van der Waals surface area contributed by atoms with Crippen molar-refractivity contribution < 1.29 is 9.59 Å². The van der Waals surface area contributed by atoms with Crippen molar-refractivity contribution in [1.82, 2.24) is 4.90 Å². The second-order valence-corrected chi connectivity index (χ2v) is 5.45. The van der Waals surface area contributed by atoms with Gasteiger partial charge in [0.15, 0.2) is 0 Å². The number of nitrogens with zero attached hydrogens (tertiary/aromatic N) is 1. The summed E-state index contributed by atoms with van der Waals surface area (Å²) in [6, 6.07) is 7.58. The Kier molecular flexibility index (Phi) is 4.39. The number of carbonyl (C=O) groups excluding carboxylic acids is 2. The van der Waals surface area contributed by atoms with Crippen LogP contribution in [0, 0.1) is 5.92 Å². The van der Waals surface area contributed by atoms with Gasteiger partial charge in [0.2, 0.25) is 11.8 Å². The minimum Gasteiger partial charge on any atom is -0.326 e. The van der Waals surface area contributed by atoms with Crippen LogP contribution in [0.1, 0.15) is 20.8 Å². The van der Waals surface area contributed by atoms with E-state index < -0.39 is 0 Å². The maximum absolute atomic E-state index is 11.9. The highest BCUT2D eigenvalue weighted by Crippen LogP contribution is 2.23. The van der Waals surface area contributed by atoms with Gasteiger partial charge in [-0.3, -0.25) is 14.5 Å². The number of benzene rings is 1. The Morgan fingerprint density at radius 1 is 1.15 bits per heavy atom. The molecule has 1 aliphatic rings. The molecule has 1 fully saturated rings. The van der Waals surface area contributed by atoms with E-state index in [4.69, 9.17) is 0 Å². The molecule has 0 aromatic heterocycles. The highest BCUT2D eigenvalue weighted by molar-refractivity contribution is 5.93. The third kappa shape index (κ3) is 3.57. The molecule has 0 bridgehead atoms. The lowest BCUT2D eigenvalue weighted by Crippen LogP contribution is -2.55. The molecule has 1 heterocycles. The zero-order valence-electron chi connectivity index (χ0n) is 12.1. The zero-order chi connectivity index (χ0) is 14.7. The Bertz CT molecular complexity index is 498. The molecule has 1 aromatic rings. The quantitative estimate of drug-likeness (QED) is 0.882. The van der Waals surface area contributed by atoms with Crippen LogP contribution in [-0.2, 0) is 9.59 Å². The maximum atomic E-state index is 11.9. The molecular formula is C15H21N3O2. The number of amides is 2. The fourth-order valence-corrected chi connectivity index (χ4v) is 2.34. The fourth-order valence-electron chi connectivity index (χ4n) is 2.34. The molecule has 5 heteroatoms. The summed E-state index contributed by atoms with van der Waals surface area (Å²) in [7, 11) is 0. The molecule has 0 aliphatic carbocycles. The summed E-state index contributed by atoms with van der Waals surface area (Å²) in [6.07, 6.45) is 0. The molecular weight excluding hydrogens is 254 g/mol. The molecule has 1 aliphatic heterocycles. The van der Waals surface area contributed by atoms with E-state index >= 15 is 0 Å². The number of likely N-dealkylation sites (tertiary alicyclic amines) is 1. The molecule has 20 heavy (non-hydrogen) atoms. The summed E-state index contributed by atoms with van der Waals surface area (Å²) < 4.78 is 0. The van der Waals surface area contributed by atoms with Crippen LogP contribution >= 0.6 is 0 Å². The van der Waals surface area contributed by atoms with E-state index in [9.17, 15) is 9.59 Å². The minimum absolute atomic E-state index is 0.00368. The van der Waals surface area contributed by atoms with E-state index in [-0.39, 0.29) is 11.8 Å². The number of hydrogen-bond donors (Lipinski definition) is 2. The highest BCUT2D eigenvalue weighted by Gasteiger charge is 2.32. The predicted octanol–water partition coefficient (Wildman–Crippen LogP) is 1.92. The summed E-state index contributed by atoms with van der Waals surface area (Å²) >= 11 is 0. The van der Waals surface area contributed by atoms with Gasteiger partial charge in [-0.15, -0.1) is 0 Å². The summed E-state index contributed by atoms with van der Waals surface area (Å²) in [4.78, 5) is 25.0. The van der Waals surface area contributed by atoms with Gasteiger partial charge in [0.05, 0.1) is 6.54 Å². The highest BCUT2D eigenvalue weighted by atomic mass is 16.2. The van der Waals surface area contributed by atoms with Crippen LogP contribution in [0.15, 0.2) is 24.3 Å². The molecule has 2 rings (SSSR count). The number of nitrogens with one attached hydrogen (secondary N) is 2. The monoisotopic (exact) mass is 275 g/mol. The van der Waals surface area contributed by atoms with E-state index in [0.717, 1.165) is 17.9 Å². The van der Waals surface area contributed by atoms with Crippen molar-refractivity contribution in [3.8, 4) is 0 Å². The van der Waals surface area contributed by atoms with Crippen LogP contribution in [0.4, 0.5) is 11.4 Å². The largest absolute Gasteiger partial charge is 0.326 e. The first-order valence-electron chi connectivity index (χ1n) is 6.87. The van der Waals surface area contributed by atoms with Gasteiger partial charge in [-0.2, -0.15) is 0 Å².